The molecule has 6 nitrogen and oxygen atoms in total. The Morgan fingerprint density at radius 2 is 0.591 bits per heavy atom. The highest BCUT2D eigenvalue weighted by molar-refractivity contribution is 5.71. The SMILES string of the molecule is CC/C=C\C/C=C\C/C=C\C/C=C\CCCCCCCCCCC(=O)OCC(COC(=O)CCCCCCCCCCC)OC(=O)CCCCCCCCC/C=C\C/C=C\CCCCCC. The van der Waals surface area contributed by atoms with Crippen LogP contribution in [-0.2, 0) is 28.6 Å². The van der Waals surface area contributed by atoms with Crippen molar-refractivity contribution < 1.29 is 28.6 Å². The Bertz CT molecular complexity index is 1240. The van der Waals surface area contributed by atoms with Crippen molar-refractivity contribution in [3.05, 3.63) is 72.9 Å². The van der Waals surface area contributed by atoms with Gasteiger partial charge in [-0.2, -0.15) is 0 Å². The molecule has 0 aromatic heterocycles. The fourth-order valence-corrected chi connectivity index (χ4v) is 7.76. The Labute approximate surface area is 408 Å². The Morgan fingerprint density at radius 3 is 0.939 bits per heavy atom. The summed E-state index contributed by atoms with van der Waals surface area (Å²) in [7, 11) is 0. The number of carbonyl (C=O) groups is 3. The van der Waals surface area contributed by atoms with Gasteiger partial charge in [-0.3, -0.25) is 14.4 Å². The smallest absolute Gasteiger partial charge is 0.306 e. The summed E-state index contributed by atoms with van der Waals surface area (Å²) in [6, 6.07) is 0. The molecule has 0 fully saturated rings. The van der Waals surface area contributed by atoms with Gasteiger partial charge in [0.15, 0.2) is 6.10 Å². The van der Waals surface area contributed by atoms with Crippen molar-refractivity contribution in [1.29, 1.82) is 0 Å². The summed E-state index contributed by atoms with van der Waals surface area (Å²) >= 11 is 0. The minimum Gasteiger partial charge on any atom is -0.462 e. The minimum absolute atomic E-state index is 0.0796. The van der Waals surface area contributed by atoms with Crippen LogP contribution in [0.1, 0.15) is 271 Å². The second-order valence-electron chi connectivity index (χ2n) is 18.5. The number of ether oxygens (including phenoxy) is 3. The van der Waals surface area contributed by atoms with Crippen LogP contribution in [-0.4, -0.2) is 37.2 Å². The van der Waals surface area contributed by atoms with Crippen LogP contribution in [0.25, 0.3) is 0 Å². The van der Waals surface area contributed by atoms with Crippen LogP contribution in [0.3, 0.4) is 0 Å². The van der Waals surface area contributed by atoms with Crippen molar-refractivity contribution in [3.63, 3.8) is 0 Å². The Morgan fingerprint density at radius 1 is 0.318 bits per heavy atom. The topological polar surface area (TPSA) is 78.9 Å². The largest absolute Gasteiger partial charge is 0.462 e. The van der Waals surface area contributed by atoms with Crippen LogP contribution in [0, 0.1) is 0 Å². The van der Waals surface area contributed by atoms with Gasteiger partial charge >= 0.3 is 17.9 Å². The summed E-state index contributed by atoms with van der Waals surface area (Å²) in [6.45, 7) is 6.49. The summed E-state index contributed by atoms with van der Waals surface area (Å²) in [5, 5.41) is 0. The predicted octanol–water partition coefficient (Wildman–Crippen LogP) is 18.6. The molecule has 6 heteroatoms. The van der Waals surface area contributed by atoms with E-state index in [1.54, 1.807) is 0 Å². The average molecular weight is 921 g/mol. The van der Waals surface area contributed by atoms with Gasteiger partial charge in [0.25, 0.3) is 0 Å². The summed E-state index contributed by atoms with van der Waals surface area (Å²) in [4.78, 5) is 38.0. The fourth-order valence-electron chi connectivity index (χ4n) is 7.76. The van der Waals surface area contributed by atoms with Gasteiger partial charge in [0.05, 0.1) is 0 Å². The van der Waals surface area contributed by atoms with E-state index in [-0.39, 0.29) is 31.1 Å². The number of unbranched alkanes of at least 4 members (excludes halogenated alkanes) is 27. The quantitative estimate of drug-likeness (QED) is 0.0262. The summed E-state index contributed by atoms with van der Waals surface area (Å²) in [5.74, 6) is -0.892. The molecule has 0 radical (unpaired) electrons. The predicted molar refractivity (Wildman–Crippen MR) is 284 cm³/mol. The molecule has 0 N–H and O–H groups in total. The van der Waals surface area contributed by atoms with Gasteiger partial charge in [0.2, 0.25) is 0 Å². The van der Waals surface area contributed by atoms with Crippen LogP contribution >= 0.6 is 0 Å². The third kappa shape index (κ3) is 51.8. The zero-order chi connectivity index (χ0) is 47.9. The molecule has 0 aromatic rings. The summed E-state index contributed by atoms with van der Waals surface area (Å²) < 4.78 is 16.8. The van der Waals surface area contributed by atoms with E-state index in [9.17, 15) is 14.4 Å². The highest BCUT2D eigenvalue weighted by atomic mass is 16.6. The maximum Gasteiger partial charge on any atom is 0.306 e. The highest BCUT2D eigenvalue weighted by Crippen LogP contribution is 2.15. The van der Waals surface area contributed by atoms with E-state index in [1.807, 2.05) is 0 Å². The number of hydrogen-bond acceptors (Lipinski definition) is 6. The number of allylic oxidation sites excluding steroid dienone is 12. The maximum absolute atomic E-state index is 12.8. The molecule has 66 heavy (non-hydrogen) atoms. The fraction of sp³-hybridized carbons (Fsp3) is 0.750. The second kappa shape index (κ2) is 54.5. The van der Waals surface area contributed by atoms with Gasteiger partial charge in [0, 0.05) is 19.3 Å². The van der Waals surface area contributed by atoms with E-state index in [1.165, 1.54) is 128 Å². The molecule has 380 valence electrons. The lowest BCUT2D eigenvalue weighted by molar-refractivity contribution is -0.167. The normalized spacial score (nSPS) is 12.6. The molecule has 1 unspecified atom stereocenters. The van der Waals surface area contributed by atoms with Gasteiger partial charge in [0.1, 0.15) is 13.2 Å². The van der Waals surface area contributed by atoms with Crippen LogP contribution in [0.5, 0.6) is 0 Å². The van der Waals surface area contributed by atoms with E-state index >= 15 is 0 Å². The average Bonchev–Trinajstić information content (AvgIpc) is 3.31. The Hall–Kier alpha value is -3.15. The van der Waals surface area contributed by atoms with Crippen LogP contribution < -0.4 is 0 Å². The van der Waals surface area contributed by atoms with E-state index < -0.39 is 6.10 Å². The van der Waals surface area contributed by atoms with Crippen LogP contribution in [0.15, 0.2) is 72.9 Å². The summed E-state index contributed by atoms with van der Waals surface area (Å²) in [5.41, 5.74) is 0. The Kier molecular flexibility index (Phi) is 51.9. The van der Waals surface area contributed by atoms with E-state index in [0.29, 0.717) is 19.3 Å². The zero-order valence-corrected chi connectivity index (χ0v) is 43.4. The van der Waals surface area contributed by atoms with Crippen molar-refractivity contribution in [2.24, 2.45) is 0 Å². The van der Waals surface area contributed by atoms with Gasteiger partial charge < -0.3 is 14.2 Å². The first-order chi connectivity index (χ1) is 32.5. The lowest BCUT2D eigenvalue weighted by Crippen LogP contribution is -2.30. The second-order valence-corrected chi connectivity index (χ2v) is 18.5. The number of rotatable bonds is 50. The molecule has 0 aliphatic heterocycles. The van der Waals surface area contributed by atoms with Crippen LogP contribution in [0.2, 0.25) is 0 Å². The molecule has 1 atom stereocenters. The molecule has 0 aromatic carbocycles. The lowest BCUT2D eigenvalue weighted by Gasteiger charge is -2.18. The van der Waals surface area contributed by atoms with E-state index in [4.69, 9.17) is 14.2 Å². The number of hydrogen-bond donors (Lipinski definition) is 0. The standard InChI is InChI=1S/C60H104O6/c1-4-7-10-13-16-19-21-23-25-27-29-30-31-33-34-36-38-41-44-47-50-53-59(62)65-56-57(55-64-58(61)52-49-46-43-40-18-15-12-9-6-3)66-60(63)54-51-48-45-42-39-37-35-32-28-26-24-22-20-17-14-11-8-5-2/h7,10,16,19-20,22-23,25-26,28-30,57H,4-6,8-9,11-15,17-18,21,24,27,31-56H2,1-3H3/b10-7-,19-16-,22-20-,25-23-,28-26-,30-29-. The lowest BCUT2D eigenvalue weighted by atomic mass is 10.1. The summed E-state index contributed by atoms with van der Waals surface area (Å²) in [6.07, 6.45) is 68.9. The number of carbonyl (C=O) groups excluding carboxylic acids is 3. The van der Waals surface area contributed by atoms with Gasteiger partial charge in [-0.1, -0.05) is 235 Å². The molecular weight excluding hydrogens is 817 g/mol. The van der Waals surface area contributed by atoms with E-state index in [0.717, 1.165) is 103 Å². The highest BCUT2D eigenvalue weighted by Gasteiger charge is 2.19. The first-order valence-electron chi connectivity index (χ1n) is 27.9. The molecule has 0 heterocycles. The van der Waals surface area contributed by atoms with Gasteiger partial charge in [-0.25, -0.2) is 0 Å². The molecule has 0 rings (SSSR count). The molecule has 0 saturated heterocycles. The van der Waals surface area contributed by atoms with Crippen molar-refractivity contribution in [2.45, 2.75) is 277 Å². The molecular formula is C60H104O6. The number of esters is 3. The van der Waals surface area contributed by atoms with Crippen molar-refractivity contribution in [3.8, 4) is 0 Å². The monoisotopic (exact) mass is 921 g/mol. The van der Waals surface area contributed by atoms with Crippen LogP contribution in [0.4, 0.5) is 0 Å². The molecule has 0 aliphatic carbocycles. The van der Waals surface area contributed by atoms with Crippen molar-refractivity contribution in [1.82, 2.24) is 0 Å². The first-order valence-corrected chi connectivity index (χ1v) is 27.9. The van der Waals surface area contributed by atoms with Crippen molar-refractivity contribution >= 4 is 17.9 Å². The van der Waals surface area contributed by atoms with E-state index in [2.05, 4.69) is 93.7 Å². The first kappa shape index (κ1) is 62.8. The minimum atomic E-state index is -0.781. The molecule has 0 spiro atoms. The third-order valence-corrected chi connectivity index (χ3v) is 11.9. The molecule has 0 bridgehead atoms. The van der Waals surface area contributed by atoms with Gasteiger partial charge in [-0.05, 0) is 89.9 Å². The molecule has 0 aliphatic rings. The van der Waals surface area contributed by atoms with Crippen molar-refractivity contribution in [2.75, 3.05) is 13.2 Å². The zero-order valence-electron chi connectivity index (χ0n) is 43.4. The van der Waals surface area contributed by atoms with Gasteiger partial charge in [-0.15, -0.1) is 0 Å². The maximum atomic E-state index is 12.8. The third-order valence-electron chi connectivity index (χ3n) is 11.9. The molecule has 0 amide bonds. The molecule has 0 saturated carbocycles. The Balaban J connectivity index is 4.31.